The van der Waals surface area contributed by atoms with Crippen LogP contribution in [0, 0.1) is 5.92 Å². The fraction of sp³-hybridized carbons (Fsp3) is 0.571. The molecule has 1 aliphatic rings. The van der Waals surface area contributed by atoms with E-state index in [2.05, 4.69) is 0 Å². The van der Waals surface area contributed by atoms with E-state index in [0.717, 1.165) is 18.4 Å². The first-order valence-electron chi connectivity index (χ1n) is 6.82. The molecule has 0 aliphatic carbocycles. The van der Waals surface area contributed by atoms with Gasteiger partial charge in [-0.3, -0.25) is 0 Å². The van der Waals surface area contributed by atoms with E-state index < -0.39 is 10.0 Å². The maximum Gasteiger partial charge on any atom is 0.211 e. The average molecular weight is 352 g/mol. The molecule has 1 fully saturated rings. The van der Waals surface area contributed by atoms with E-state index in [9.17, 15) is 8.42 Å². The van der Waals surface area contributed by atoms with Gasteiger partial charge < -0.3 is 4.74 Å². The lowest BCUT2D eigenvalue weighted by Crippen LogP contribution is -2.40. The van der Waals surface area contributed by atoms with Crippen molar-refractivity contribution in [1.82, 2.24) is 4.31 Å². The Morgan fingerprint density at radius 1 is 1.43 bits per heavy atom. The lowest BCUT2D eigenvalue weighted by atomic mass is 10.0. The van der Waals surface area contributed by atoms with Gasteiger partial charge in [0.2, 0.25) is 10.0 Å². The highest BCUT2D eigenvalue weighted by molar-refractivity contribution is 7.88. The SMILES string of the molecule is CS(=O)(=O)N1CCCC(COc2ccc(CCl)cc2Cl)C1. The van der Waals surface area contributed by atoms with Crippen molar-refractivity contribution in [3.05, 3.63) is 28.8 Å². The summed E-state index contributed by atoms with van der Waals surface area (Å²) in [6.07, 6.45) is 3.07. The molecule has 0 radical (unpaired) electrons. The van der Waals surface area contributed by atoms with Gasteiger partial charge in [-0.15, -0.1) is 11.6 Å². The van der Waals surface area contributed by atoms with Crippen molar-refractivity contribution >= 4 is 33.2 Å². The third-order valence-corrected chi connectivity index (χ3v) is 5.45. The first kappa shape index (κ1) is 16.9. The first-order chi connectivity index (χ1) is 9.90. The Balaban J connectivity index is 1.94. The highest BCUT2D eigenvalue weighted by Gasteiger charge is 2.26. The molecule has 1 aromatic carbocycles. The topological polar surface area (TPSA) is 46.6 Å². The zero-order chi connectivity index (χ0) is 15.5. The molecule has 0 aromatic heterocycles. The van der Waals surface area contributed by atoms with Crippen LogP contribution < -0.4 is 4.74 Å². The van der Waals surface area contributed by atoms with E-state index in [1.54, 1.807) is 12.1 Å². The van der Waals surface area contributed by atoms with E-state index in [1.165, 1.54) is 10.6 Å². The van der Waals surface area contributed by atoms with Crippen LogP contribution in [0.5, 0.6) is 5.75 Å². The van der Waals surface area contributed by atoms with E-state index in [-0.39, 0.29) is 5.92 Å². The molecule has 0 saturated carbocycles. The van der Waals surface area contributed by atoms with E-state index >= 15 is 0 Å². The zero-order valence-electron chi connectivity index (χ0n) is 11.9. The molecule has 0 amide bonds. The largest absolute Gasteiger partial charge is 0.492 e. The molecule has 1 unspecified atom stereocenters. The standard InChI is InChI=1S/C14H19Cl2NO3S/c1-21(18,19)17-6-2-3-12(9-17)10-20-14-5-4-11(8-15)7-13(14)16/h4-5,7,12H,2-3,6,8-10H2,1H3. The third-order valence-electron chi connectivity index (χ3n) is 3.58. The first-order valence-corrected chi connectivity index (χ1v) is 9.58. The molecule has 7 heteroatoms. The Kier molecular flexibility index (Phi) is 5.77. The summed E-state index contributed by atoms with van der Waals surface area (Å²) in [4.78, 5) is 0. The highest BCUT2D eigenvalue weighted by atomic mass is 35.5. The highest BCUT2D eigenvalue weighted by Crippen LogP contribution is 2.27. The number of nitrogens with zero attached hydrogens (tertiary/aromatic N) is 1. The molecule has 1 atom stereocenters. The van der Waals surface area contributed by atoms with Gasteiger partial charge in [0, 0.05) is 24.9 Å². The van der Waals surface area contributed by atoms with Crippen LogP contribution in [0.3, 0.4) is 0 Å². The predicted molar refractivity (Wildman–Crippen MR) is 85.6 cm³/mol. The number of hydrogen-bond donors (Lipinski definition) is 0. The quantitative estimate of drug-likeness (QED) is 0.765. The van der Waals surface area contributed by atoms with Gasteiger partial charge in [-0.05, 0) is 30.5 Å². The van der Waals surface area contributed by atoms with Gasteiger partial charge in [0.05, 0.1) is 17.9 Å². The number of benzene rings is 1. The molecule has 118 valence electrons. The Hall–Kier alpha value is -0.490. The van der Waals surface area contributed by atoms with Crippen LogP contribution in [0.15, 0.2) is 18.2 Å². The van der Waals surface area contributed by atoms with Crippen molar-refractivity contribution in [1.29, 1.82) is 0 Å². The van der Waals surface area contributed by atoms with Gasteiger partial charge in [0.1, 0.15) is 5.75 Å². The number of sulfonamides is 1. The van der Waals surface area contributed by atoms with Crippen molar-refractivity contribution < 1.29 is 13.2 Å². The molecular formula is C14H19Cl2NO3S. The Morgan fingerprint density at radius 3 is 2.81 bits per heavy atom. The maximum atomic E-state index is 11.6. The lowest BCUT2D eigenvalue weighted by Gasteiger charge is -2.30. The summed E-state index contributed by atoms with van der Waals surface area (Å²) in [5, 5.41) is 0.531. The summed E-state index contributed by atoms with van der Waals surface area (Å²) >= 11 is 11.9. The van der Waals surface area contributed by atoms with E-state index in [0.29, 0.717) is 36.3 Å². The van der Waals surface area contributed by atoms with Gasteiger partial charge in [-0.1, -0.05) is 17.7 Å². The number of rotatable bonds is 5. The fourth-order valence-corrected chi connectivity index (χ4v) is 3.78. The maximum absolute atomic E-state index is 11.6. The van der Waals surface area contributed by atoms with Crippen LogP contribution in [-0.4, -0.2) is 38.7 Å². The number of alkyl halides is 1. The third kappa shape index (κ3) is 4.74. The summed E-state index contributed by atoms with van der Waals surface area (Å²) in [5.74, 6) is 1.21. The minimum atomic E-state index is -3.12. The molecule has 1 heterocycles. The molecule has 0 bridgehead atoms. The van der Waals surface area contributed by atoms with Crippen LogP contribution in [0.25, 0.3) is 0 Å². The van der Waals surface area contributed by atoms with Crippen LogP contribution in [0.2, 0.25) is 5.02 Å². The summed E-state index contributed by atoms with van der Waals surface area (Å²) in [5.41, 5.74) is 0.940. The van der Waals surface area contributed by atoms with Crippen LogP contribution in [0.4, 0.5) is 0 Å². The Bertz CT molecular complexity index is 592. The smallest absolute Gasteiger partial charge is 0.211 e. The molecule has 0 N–H and O–H groups in total. The number of hydrogen-bond acceptors (Lipinski definition) is 3. The summed E-state index contributed by atoms with van der Waals surface area (Å²) < 4.78 is 30.4. The van der Waals surface area contributed by atoms with Crippen LogP contribution >= 0.6 is 23.2 Å². The summed E-state index contributed by atoms with van der Waals surface area (Å²) in [7, 11) is -3.12. The molecule has 0 spiro atoms. The van der Waals surface area contributed by atoms with Gasteiger partial charge in [-0.2, -0.15) is 0 Å². The summed E-state index contributed by atoms with van der Waals surface area (Å²) in [6, 6.07) is 5.46. The molecule has 1 saturated heterocycles. The van der Waals surface area contributed by atoms with Gasteiger partial charge in [0.25, 0.3) is 0 Å². The lowest BCUT2D eigenvalue weighted by molar-refractivity contribution is 0.181. The van der Waals surface area contributed by atoms with Crippen LogP contribution in [-0.2, 0) is 15.9 Å². The van der Waals surface area contributed by atoms with Crippen molar-refractivity contribution in [2.75, 3.05) is 26.0 Å². The predicted octanol–water partition coefficient (Wildman–Crippen LogP) is 3.13. The second-order valence-electron chi connectivity index (χ2n) is 5.34. The second-order valence-corrected chi connectivity index (χ2v) is 8.00. The van der Waals surface area contributed by atoms with Crippen molar-refractivity contribution in [3.8, 4) is 5.75 Å². The molecule has 4 nitrogen and oxygen atoms in total. The van der Waals surface area contributed by atoms with Gasteiger partial charge in [-0.25, -0.2) is 12.7 Å². The second kappa shape index (κ2) is 7.18. The Labute approximate surface area is 136 Å². The molecule has 1 aromatic rings. The average Bonchev–Trinajstić information content (AvgIpc) is 2.45. The molecule has 21 heavy (non-hydrogen) atoms. The van der Waals surface area contributed by atoms with Gasteiger partial charge >= 0.3 is 0 Å². The normalized spacial score (nSPS) is 20.4. The number of ether oxygens (including phenoxy) is 1. The van der Waals surface area contributed by atoms with E-state index in [4.69, 9.17) is 27.9 Å². The minimum absolute atomic E-state index is 0.192. The fourth-order valence-electron chi connectivity index (χ4n) is 2.42. The molecule has 1 aliphatic heterocycles. The summed E-state index contributed by atoms with van der Waals surface area (Å²) in [6.45, 7) is 1.57. The zero-order valence-corrected chi connectivity index (χ0v) is 14.2. The van der Waals surface area contributed by atoms with Crippen molar-refractivity contribution in [2.24, 2.45) is 5.92 Å². The van der Waals surface area contributed by atoms with Gasteiger partial charge in [0.15, 0.2) is 0 Å². The number of piperidine rings is 1. The molecule has 2 rings (SSSR count). The minimum Gasteiger partial charge on any atom is -0.492 e. The van der Waals surface area contributed by atoms with Crippen molar-refractivity contribution in [2.45, 2.75) is 18.7 Å². The molecular weight excluding hydrogens is 333 g/mol. The monoisotopic (exact) mass is 351 g/mol. The van der Waals surface area contributed by atoms with E-state index in [1.807, 2.05) is 6.07 Å². The van der Waals surface area contributed by atoms with Crippen LogP contribution in [0.1, 0.15) is 18.4 Å². The van der Waals surface area contributed by atoms with Crippen molar-refractivity contribution in [3.63, 3.8) is 0 Å². The Morgan fingerprint density at radius 2 is 2.19 bits per heavy atom. The number of halogens is 2.